The molecule has 1 aromatic rings. The highest BCUT2D eigenvalue weighted by Gasteiger charge is 2.42. The Bertz CT molecular complexity index is 649. The van der Waals surface area contributed by atoms with Crippen molar-refractivity contribution in [2.45, 2.75) is 44.2 Å². The zero-order valence-electron chi connectivity index (χ0n) is 14.8. The summed E-state index contributed by atoms with van der Waals surface area (Å²) in [7, 11) is 1.81. The third kappa shape index (κ3) is 3.42. The molecule has 2 saturated heterocycles. The first-order chi connectivity index (χ1) is 12.1. The van der Waals surface area contributed by atoms with Crippen molar-refractivity contribution in [3.05, 3.63) is 18.0 Å². The monoisotopic (exact) mass is 346 g/mol. The van der Waals surface area contributed by atoms with Gasteiger partial charge in [-0.2, -0.15) is 5.10 Å². The quantitative estimate of drug-likeness (QED) is 0.817. The second-order valence-electron chi connectivity index (χ2n) is 7.43. The maximum Gasteiger partial charge on any atom is 0.274 e. The maximum absolute atomic E-state index is 12.9. The second kappa shape index (κ2) is 6.78. The molecular formula is C18H26N4O3. The lowest BCUT2D eigenvalue weighted by atomic mass is 10.0. The third-order valence-corrected chi connectivity index (χ3v) is 5.54. The molecule has 1 saturated carbocycles. The molecule has 3 aliphatic rings. The summed E-state index contributed by atoms with van der Waals surface area (Å²) in [6.07, 6.45) is 6.48. The fourth-order valence-corrected chi connectivity index (χ4v) is 4.01. The van der Waals surface area contributed by atoms with Crippen LogP contribution in [0.15, 0.2) is 12.3 Å². The van der Waals surface area contributed by atoms with Crippen molar-refractivity contribution in [3.8, 4) is 0 Å². The van der Waals surface area contributed by atoms with Crippen LogP contribution in [0.1, 0.15) is 42.6 Å². The van der Waals surface area contributed by atoms with E-state index in [-0.39, 0.29) is 23.9 Å². The Hall–Kier alpha value is -1.89. The Morgan fingerprint density at radius 2 is 1.92 bits per heavy atom. The van der Waals surface area contributed by atoms with Gasteiger partial charge in [-0.3, -0.25) is 14.3 Å². The zero-order valence-corrected chi connectivity index (χ0v) is 14.8. The molecule has 0 aromatic carbocycles. The van der Waals surface area contributed by atoms with Crippen LogP contribution < -0.4 is 0 Å². The number of aromatic nitrogens is 2. The van der Waals surface area contributed by atoms with Crippen LogP contribution in [-0.2, 0) is 16.6 Å². The van der Waals surface area contributed by atoms with E-state index in [1.165, 1.54) is 0 Å². The van der Waals surface area contributed by atoms with E-state index >= 15 is 0 Å². The molecule has 1 aliphatic carbocycles. The number of carbonyl (C=O) groups excluding carboxylic acids is 2. The molecule has 3 fully saturated rings. The minimum Gasteiger partial charge on any atom is -0.381 e. The second-order valence-corrected chi connectivity index (χ2v) is 7.43. The van der Waals surface area contributed by atoms with Crippen molar-refractivity contribution in [2.75, 3.05) is 26.3 Å². The molecule has 2 amide bonds. The molecule has 1 atom stereocenters. The Balaban J connectivity index is 1.46. The number of nitrogens with zero attached hydrogens (tertiary/aromatic N) is 4. The summed E-state index contributed by atoms with van der Waals surface area (Å²) < 4.78 is 7.12. The van der Waals surface area contributed by atoms with Crippen LogP contribution in [0.2, 0.25) is 0 Å². The van der Waals surface area contributed by atoms with Gasteiger partial charge in [0.15, 0.2) is 0 Å². The van der Waals surface area contributed by atoms with Crippen LogP contribution >= 0.6 is 0 Å². The fourth-order valence-electron chi connectivity index (χ4n) is 4.01. The topological polar surface area (TPSA) is 67.7 Å². The van der Waals surface area contributed by atoms with E-state index in [2.05, 4.69) is 10.00 Å². The summed E-state index contributed by atoms with van der Waals surface area (Å²) in [5.74, 6) is 0.473. The molecular weight excluding hydrogens is 320 g/mol. The molecule has 0 bridgehead atoms. The van der Waals surface area contributed by atoms with Gasteiger partial charge >= 0.3 is 0 Å². The van der Waals surface area contributed by atoms with E-state index in [1.54, 1.807) is 16.9 Å². The molecule has 3 heterocycles. The van der Waals surface area contributed by atoms with Gasteiger partial charge < -0.3 is 14.5 Å². The lowest BCUT2D eigenvalue weighted by Gasteiger charge is -2.38. The van der Waals surface area contributed by atoms with Gasteiger partial charge in [-0.25, -0.2) is 0 Å². The van der Waals surface area contributed by atoms with Crippen LogP contribution in [0.5, 0.6) is 0 Å². The predicted molar refractivity (Wildman–Crippen MR) is 90.9 cm³/mol. The lowest BCUT2D eigenvalue weighted by Crippen LogP contribution is -2.51. The Morgan fingerprint density at radius 3 is 2.56 bits per heavy atom. The van der Waals surface area contributed by atoms with Gasteiger partial charge in [0.1, 0.15) is 5.69 Å². The molecule has 0 N–H and O–H groups in total. The van der Waals surface area contributed by atoms with E-state index in [1.807, 2.05) is 11.9 Å². The highest BCUT2D eigenvalue weighted by atomic mass is 16.5. The summed E-state index contributed by atoms with van der Waals surface area (Å²) in [6.45, 7) is 2.76. The summed E-state index contributed by atoms with van der Waals surface area (Å²) in [5, 5.41) is 4.22. The normalized spacial score (nSPS) is 24.5. The molecule has 25 heavy (non-hydrogen) atoms. The smallest absolute Gasteiger partial charge is 0.274 e. The lowest BCUT2D eigenvalue weighted by molar-refractivity contribution is -0.139. The number of carbonyl (C=O) groups is 2. The third-order valence-electron chi connectivity index (χ3n) is 5.54. The first-order valence-corrected chi connectivity index (χ1v) is 9.32. The molecule has 0 radical (unpaired) electrons. The Kier molecular flexibility index (Phi) is 4.50. The first-order valence-electron chi connectivity index (χ1n) is 9.32. The van der Waals surface area contributed by atoms with E-state index in [9.17, 15) is 9.59 Å². The molecule has 1 aromatic heterocycles. The van der Waals surface area contributed by atoms with Crippen molar-refractivity contribution < 1.29 is 14.3 Å². The number of aryl methyl sites for hydroxylation is 1. The van der Waals surface area contributed by atoms with Gasteiger partial charge in [0.2, 0.25) is 5.91 Å². The van der Waals surface area contributed by atoms with Gasteiger partial charge in [0.05, 0.1) is 6.04 Å². The molecule has 7 heteroatoms. The summed E-state index contributed by atoms with van der Waals surface area (Å²) in [4.78, 5) is 29.5. The average Bonchev–Trinajstić information content (AvgIpc) is 3.22. The van der Waals surface area contributed by atoms with E-state index in [0.29, 0.717) is 24.7 Å². The van der Waals surface area contributed by atoms with Gasteiger partial charge in [-0.05, 0) is 38.2 Å². The highest BCUT2D eigenvalue weighted by Crippen LogP contribution is 2.35. The standard InChI is InChI=1S/C18H26N4O3/c1-20-8-5-16(19-20)18(24)21-9-4-15(12-21)22(17(23)13-2-3-13)14-6-10-25-11-7-14/h5,8,13-15H,2-4,6-7,9-12H2,1H3. The number of hydrogen-bond acceptors (Lipinski definition) is 4. The van der Waals surface area contributed by atoms with Crippen LogP contribution in [-0.4, -0.2) is 69.8 Å². The fraction of sp³-hybridized carbons (Fsp3) is 0.722. The summed E-state index contributed by atoms with van der Waals surface area (Å²) in [6, 6.07) is 2.14. The largest absolute Gasteiger partial charge is 0.381 e. The van der Waals surface area contributed by atoms with Gasteiger partial charge in [-0.1, -0.05) is 0 Å². The number of likely N-dealkylation sites (tertiary alicyclic amines) is 1. The van der Waals surface area contributed by atoms with E-state index in [0.717, 1.165) is 45.3 Å². The van der Waals surface area contributed by atoms with Crippen molar-refractivity contribution >= 4 is 11.8 Å². The molecule has 136 valence electrons. The predicted octanol–water partition coefficient (Wildman–Crippen LogP) is 1.05. The van der Waals surface area contributed by atoms with Crippen LogP contribution in [0.4, 0.5) is 0 Å². The van der Waals surface area contributed by atoms with Gasteiger partial charge in [0.25, 0.3) is 5.91 Å². The van der Waals surface area contributed by atoms with Crippen molar-refractivity contribution in [2.24, 2.45) is 13.0 Å². The van der Waals surface area contributed by atoms with Crippen molar-refractivity contribution in [3.63, 3.8) is 0 Å². The summed E-state index contributed by atoms with van der Waals surface area (Å²) in [5.41, 5.74) is 0.481. The SMILES string of the molecule is Cn1ccc(C(=O)N2CCC(N(C(=O)C3CC3)C3CCOCC3)C2)n1. The minimum atomic E-state index is -0.0334. The Morgan fingerprint density at radius 1 is 1.16 bits per heavy atom. The zero-order chi connectivity index (χ0) is 17.4. The summed E-state index contributed by atoms with van der Waals surface area (Å²) >= 11 is 0. The number of rotatable bonds is 4. The van der Waals surface area contributed by atoms with E-state index in [4.69, 9.17) is 4.74 Å². The number of ether oxygens (including phenoxy) is 1. The average molecular weight is 346 g/mol. The molecule has 1 unspecified atom stereocenters. The van der Waals surface area contributed by atoms with E-state index < -0.39 is 0 Å². The van der Waals surface area contributed by atoms with Gasteiger partial charge in [0, 0.05) is 51.5 Å². The van der Waals surface area contributed by atoms with Crippen LogP contribution in [0, 0.1) is 5.92 Å². The molecule has 2 aliphatic heterocycles. The van der Waals surface area contributed by atoms with Crippen LogP contribution in [0.3, 0.4) is 0 Å². The molecule has 7 nitrogen and oxygen atoms in total. The molecule has 4 rings (SSSR count). The van der Waals surface area contributed by atoms with Crippen LogP contribution in [0.25, 0.3) is 0 Å². The van der Waals surface area contributed by atoms with Crippen molar-refractivity contribution in [1.29, 1.82) is 0 Å². The van der Waals surface area contributed by atoms with Crippen molar-refractivity contribution in [1.82, 2.24) is 19.6 Å². The molecule has 0 spiro atoms. The highest BCUT2D eigenvalue weighted by molar-refractivity contribution is 5.92. The minimum absolute atomic E-state index is 0.0334. The maximum atomic E-state index is 12.9. The Labute approximate surface area is 147 Å². The first kappa shape index (κ1) is 16.6. The van der Waals surface area contributed by atoms with Gasteiger partial charge in [-0.15, -0.1) is 0 Å². The number of hydrogen-bond donors (Lipinski definition) is 0. The number of amides is 2.